The fourth-order valence-corrected chi connectivity index (χ4v) is 0.515. The lowest BCUT2D eigenvalue weighted by Gasteiger charge is -2.12. The number of hydrogen-bond acceptors (Lipinski definition) is 3. The molecule has 5 heteroatoms. The molecule has 0 saturated heterocycles. The van der Waals surface area contributed by atoms with Crippen molar-refractivity contribution in [3.63, 3.8) is 0 Å². The molecular weight excluding hydrogens is 187 g/mol. The summed E-state index contributed by atoms with van der Waals surface area (Å²) < 4.78 is 0. The number of nitrogens with zero attached hydrogens (tertiary/aromatic N) is 1. The summed E-state index contributed by atoms with van der Waals surface area (Å²) in [5.74, 6) is 0. The van der Waals surface area contributed by atoms with Crippen LogP contribution >= 0.6 is 24.8 Å². The normalized spacial score (nSPS) is 11.7. The number of halogens is 2. The van der Waals surface area contributed by atoms with Gasteiger partial charge in [0.25, 0.3) is 0 Å². The number of aliphatic hydroxyl groups excluding tert-OH is 1. The van der Waals surface area contributed by atoms with Crippen molar-refractivity contribution in [3.8, 4) is 0 Å². The maximum atomic E-state index is 8.50. The Hall–Kier alpha value is 0.460. The molecule has 0 aliphatic heterocycles. The molecule has 1 atom stereocenters. The zero-order valence-corrected chi connectivity index (χ0v) is 8.62. The number of nitrogens with two attached hydrogens (primary N) is 1. The molecule has 0 aliphatic rings. The molecule has 0 amide bonds. The second-order valence-electron chi connectivity index (χ2n) is 2.53. The molecule has 0 fully saturated rings. The van der Waals surface area contributed by atoms with E-state index in [4.69, 9.17) is 10.8 Å². The molecule has 0 spiro atoms. The average molecular weight is 205 g/mol. The largest absolute Gasteiger partial charge is 0.395 e. The highest BCUT2D eigenvalue weighted by molar-refractivity contribution is 5.85. The summed E-state index contributed by atoms with van der Waals surface area (Å²) in [6.07, 6.45) is 0.865. The van der Waals surface area contributed by atoms with Gasteiger partial charge in [0, 0.05) is 6.04 Å². The van der Waals surface area contributed by atoms with Gasteiger partial charge in [-0.05, 0) is 27.1 Å². The summed E-state index contributed by atoms with van der Waals surface area (Å²) in [6.45, 7) is 1.04. The van der Waals surface area contributed by atoms with Crippen molar-refractivity contribution >= 4 is 24.8 Å². The third-order valence-electron chi connectivity index (χ3n) is 1.18. The van der Waals surface area contributed by atoms with Crippen LogP contribution in [-0.4, -0.2) is 43.3 Å². The topological polar surface area (TPSA) is 49.5 Å². The van der Waals surface area contributed by atoms with Crippen LogP contribution in [-0.2, 0) is 0 Å². The standard InChI is InChI=1S/C6H16N2O.2ClH/c1-8(2)4-3-6(7)5-9;;/h6,9H,3-5,7H2,1-2H3;2*1H. The van der Waals surface area contributed by atoms with Gasteiger partial charge in [-0.25, -0.2) is 0 Å². The summed E-state index contributed by atoms with van der Waals surface area (Å²) in [7, 11) is 3.98. The van der Waals surface area contributed by atoms with Gasteiger partial charge in [0.15, 0.2) is 0 Å². The van der Waals surface area contributed by atoms with Gasteiger partial charge in [0.05, 0.1) is 6.61 Å². The van der Waals surface area contributed by atoms with E-state index in [1.54, 1.807) is 0 Å². The van der Waals surface area contributed by atoms with Crippen molar-refractivity contribution in [1.29, 1.82) is 0 Å². The third-order valence-corrected chi connectivity index (χ3v) is 1.18. The Bertz CT molecular complexity index is 73.6. The second kappa shape index (κ2) is 10.5. The molecule has 0 saturated carbocycles. The summed E-state index contributed by atoms with van der Waals surface area (Å²) in [5, 5.41) is 8.50. The highest BCUT2D eigenvalue weighted by atomic mass is 35.5. The Kier molecular flexibility index (Phi) is 16.7. The van der Waals surface area contributed by atoms with E-state index < -0.39 is 0 Å². The average Bonchev–Trinajstić information content (AvgIpc) is 1.83. The van der Waals surface area contributed by atoms with Crippen molar-refractivity contribution in [2.24, 2.45) is 5.73 Å². The maximum Gasteiger partial charge on any atom is 0.0583 e. The zero-order chi connectivity index (χ0) is 7.28. The first-order valence-electron chi connectivity index (χ1n) is 3.18. The number of rotatable bonds is 4. The van der Waals surface area contributed by atoms with Crippen molar-refractivity contribution in [1.82, 2.24) is 4.90 Å². The van der Waals surface area contributed by atoms with Gasteiger partial charge >= 0.3 is 0 Å². The predicted octanol–water partition coefficient (Wildman–Crippen LogP) is 0.101. The Balaban J connectivity index is -0.000000320. The van der Waals surface area contributed by atoms with Gasteiger partial charge < -0.3 is 15.7 Å². The predicted molar refractivity (Wildman–Crippen MR) is 52.7 cm³/mol. The van der Waals surface area contributed by atoms with Crippen LogP contribution in [0.2, 0.25) is 0 Å². The molecule has 0 radical (unpaired) electrons. The minimum absolute atomic E-state index is 0. The van der Waals surface area contributed by atoms with E-state index >= 15 is 0 Å². The van der Waals surface area contributed by atoms with Crippen LogP contribution in [0, 0.1) is 0 Å². The first-order chi connectivity index (χ1) is 4.16. The first kappa shape index (κ1) is 17.5. The van der Waals surface area contributed by atoms with Gasteiger partial charge in [0.1, 0.15) is 0 Å². The molecular formula is C6H18Cl2N2O. The molecule has 0 aromatic carbocycles. The molecule has 72 valence electrons. The summed E-state index contributed by atoms with van der Waals surface area (Å²) in [5.41, 5.74) is 5.44. The second-order valence-corrected chi connectivity index (χ2v) is 2.53. The molecule has 3 nitrogen and oxygen atoms in total. The SMILES string of the molecule is CN(C)CCC(N)CO.Cl.Cl. The summed E-state index contributed by atoms with van der Waals surface area (Å²) in [6, 6.07) is -0.0487. The molecule has 0 rings (SSSR count). The Morgan fingerprint density at radius 1 is 1.36 bits per heavy atom. The van der Waals surface area contributed by atoms with E-state index in [0.29, 0.717) is 0 Å². The lowest BCUT2D eigenvalue weighted by atomic mass is 10.2. The third kappa shape index (κ3) is 13.5. The molecule has 0 heterocycles. The first-order valence-corrected chi connectivity index (χ1v) is 3.18. The molecule has 0 bridgehead atoms. The lowest BCUT2D eigenvalue weighted by Crippen LogP contribution is -2.29. The quantitative estimate of drug-likeness (QED) is 0.684. The minimum atomic E-state index is -0.0487. The summed E-state index contributed by atoms with van der Waals surface area (Å²) >= 11 is 0. The Labute approximate surface area is 80.8 Å². The molecule has 3 N–H and O–H groups in total. The van der Waals surface area contributed by atoms with Gasteiger partial charge in [-0.15, -0.1) is 24.8 Å². The van der Waals surface area contributed by atoms with Crippen LogP contribution in [0.1, 0.15) is 6.42 Å². The van der Waals surface area contributed by atoms with Gasteiger partial charge in [-0.2, -0.15) is 0 Å². The van der Waals surface area contributed by atoms with Gasteiger partial charge in [0.2, 0.25) is 0 Å². The van der Waals surface area contributed by atoms with E-state index in [1.165, 1.54) is 0 Å². The highest BCUT2D eigenvalue weighted by Crippen LogP contribution is 1.87. The molecule has 1 unspecified atom stereocenters. The van der Waals surface area contributed by atoms with Crippen molar-refractivity contribution in [2.75, 3.05) is 27.2 Å². The van der Waals surface area contributed by atoms with Crippen LogP contribution in [0.4, 0.5) is 0 Å². The van der Waals surface area contributed by atoms with Crippen LogP contribution in [0.15, 0.2) is 0 Å². The highest BCUT2D eigenvalue weighted by Gasteiger charge is 1.99. The molecule has 11 heavy (non-hydrogen) atoms. The minimum Gasteiger partial charge on any atom is -0.395 e. The summed E-state index contributed by atoms with van der Waals surface area (Å²) in [4.78, 5) is 2.05. The molecule has 0 aliphatic carbocycles. The van der Waals surface area contributed by atoms with E-state index in [1.807, 2.05) is 14.1 Å². The molecule has 0 aromatic heterocycles. The fourth-order valence-electron chi connectivity index (χ4n) is 0.515. The maximum absolute atomic E-state index is 8.50. The van der Waals surface area contributed by atoms with Crippen LogP contribution in [0.25, 0.3) is 0 Å². The van der Waals surface area contributed by atoms with Crippen LogP contribution < -0.4 is 5.73 Å². The fraction of sp³-hybridized carbons (Fsp3) is 1.00. The molecule has 0 aromatic rings. The number of aliphatic hydroxyl groups is 1. The van der Waals surface area contributed by atoms with Crippen molar-refractivity contribution in [3.05, 3.63) is 0 Å². The van der Waals surface area contributed by atoms with Crippen LogP contribution in [0.3, 0.4) is 0 Å². The zero-order valence-electron chi connectivity index (χ0n) is 6.99. The smallest absolute Gasteiger partial charge is 0.0583 e. The van der Waals surface area contributed by atoms with E-state index in [2.05, 4.69) is 4.90 Å². The van der Waals surface area contributed by atoms with E-state index in [9.17, 15) is 0 Å². The van der Waals surface area contributed by atoms with Crippen LogP contribution in [0.5, 0.6) is 0 Å². The van der Waals surface area contributed by atoms with Crippen molar-refractivity contribution < 1.29 is 5.11 Å². The van der Waals surface area contributed by atoms with Gasteiger partial charge in [-0.1, -0.05) is 0 Å². The van der Waals surface area contributed by atoms with Gasteiger partial charge in [-0.3, -0.25) is 0 Å². The monoisotopic (exact) mass is 204 g/mol. The van der Waals surface area contributed by atoms with E-state index in [0.717, 1.165) is 13.0 Å². The van der Waals surface area contributed by atoms with Crippen molar-refractivity contribution in [2.45, 2.75) is 12.5 Å². The Morgan fingerprint density at radius 3 is 2.09 bits per heavy atom. The number of hydrogen-bond donors (Lipinski definition) is 2. The lowest BCUT2D eigenvalue weighted by molar-refractivity contribution is 0.248. The Morgan fingerprint density at radius 2 is 1.82 bits per heavy atom. The van der Waals surface area contributed by atoms with E-state index in [-0.39, 0.29) is 37.5 Å².